The molecule has 0 aliphatic carbocycles. The van der Waals surface area contributed by atoms with E-state index in [2.05, 4.69) is 19.1 Å². The normalized spacial score (nSPS) is 10.9. The molecule has 0 bridgehead atoms. The van der Waals surface area contributed by atoms with Crippen LogP contribution in [0.5, 0.6) is 0 Å². The van der Waals surface area contributed by atoms with E-state index >= 15 is 0 Å². The van der Waals surface area contributed by atoms with Crippen LogP contribution in [0.25, 0.3) is 0 Å². The van der Waals surface area contributed by atoms with Gasteiger partial charge in [-0.25, -0.2) is 0 Å². The molecule has 0 radical (unpaired) electrons. The maximum Gasteiger partial charge on any atom is 0.217 e. The summed E-state index contributed by atoms with van der Waals surface area (Å²) >= 11 is 0. The topological polar surface area (TPSA) is 82.8 Å². The molecule has 0 rings (SSSR count). The van der Waals surface area contributed by atoms with E-state index in [1.165, 1.54) is 96.3 Å². The van der Waals surface area contributed by atoms with Crippen molar-refractivity contribution >= 4 is 5.91 Å². The Labute approximate surface area is 182 Å². The molecule has 174 valence electrons. The van der Waals surface area contributed by atoms with Crippen LogP contribution in [-0.2, 0) is 4.79 Å². The quantitative estimate of drug-likeness (QED) is 0.128. The summed E-state index contributed by atoms with van der Waals surface area (Å²) in [6.07, 6.45) is 28.8. The number of carbonyl (C=O) groups excluding carboxylic acids is 1. The number of hydrogen-bond acceptors (Lipinski definition) is 2. The van der Waals surface area contributed by atoms with Crippen molar-refractivity contribution < 1.29 is 10.3 Å². The van der Waals surface area contributed by atoms with Crippen LogP contribution in [0, 0.1) is 5.21 Å². The molecule has 0 heterocycles. The lowest BCUT2D eigenvalue weighted by Crippen LogP contribution is -2.77. The summed E-state index contributed by atoms with van der Waals surface area (Å²) < 4.78 is 0. The number of nitrogens with two attached hydrogens (primary N) is 2. The lowest BCUT2D eigenvalue weighted by Gasteiger charge is -2.01. The number of allylic oxidation sites excluding steroid dienone is 2. The monoisotopic (exact) mass is 412 g/mol. The molecule has 0 saturated heterocycles. The van der Waals surface area contributed by atoms with E-state index in [9.17, 15) is 10.0 Å². The fraction of sp³-hybridized carbons (Fsp3) is 0.880. The second-order valence-electron chi connectivity index (χ2n) is 8.17. The SMILES string of the molecule is CCCCCCCC/C=C\CCCCCCCCCCCC(N)=O.CCC[NH2+][O-]. The molecule has 4 heteroatoms. The van der Waals surface area contributed by atoms with Crippen LogP contribution in [0.15, 0.2) is 12.2 Å². The summed E-state index contributed by atoms with van der Waals surface area (Å²) in [5.74, 6) is -0.156. The van der Waals surface area contributed by atoms with Crippen molar-refractivity contribution in [3.63, 3.8) is 0 Å². The van der Waals surface area contributed by atoms with Gasteiger partial charge >= 0.3 is 0 Å². The fourth-order valence-corrected chi connectivity index (χ4v) is 3.19. The molecule has 1 amide bonds. The Kier molecular flexibility index (Phi) is 30.7. The molecule has 0 aliphatic heterocycles. The minimum atomic E-state index is -0.156. The van der Waals surface area contributed by atoms with Crippen molar-refractivity contribution in [3.05, 3.63) is 17.4 Å². The minimum absolute atomic E-state index is 0.156. The highest BCUT2D eigenvalue weighted by Gasteiger charge is 1.95. The van der Waals surface area contributed by atoms with Crippen LogP contribution in [-0.4, -0.2) is 12.5 Å². The van der Waals surface area contributed by atoms with Crippen LogP contribution in [0.1, 0.15) is 136 Å². The molecule has 0 aromatic heterocycles. The molecular weight excluding hydrogens is 360 g/mol. The molecule has 0 atom stereocenters. The third-order valence-corrected chi connectivity index (χ3v) is 5.09. The van der Waals surface area contributed by atoms with Crippen molar-refractivity contribution in [2.24, 2.45) is 5.73 Å². The summed E-state index contributed by atoms with van der Waals surface area (Å²) in [5, 5.41) is 9.40. The van der Waals surface area contributed by atoms with Crippen LogP contribution >= 0.6 is 0 Å². The zero-order valence-electron chi connectivity index (χ0n) is 19.8. The Morgan fingerprint density at radius 1 is 0.690 bits per heavy atom. The highest BCUT2D eigenvalue weighted by molar-refractivity contribution is 5.73. The van der Waals surface area contributed by atoms with Gasteiger partial charge in [-0.2, -0.15) is 0 Å². The second-order valence-corrected chi connectivity index (χ2v) is 8.17. The van der Waals surface area contributed by atoms with Gasteiger partial charge in [0.25, 0.3) is 0 Å². The number of carbonyl (C=O) groups is 1. The van der Waals surface area contributed by atoms with Crippen LogP contribution in [0.2, 0.25) is 0 Å². The van der Waals surface area contributed by atoms with Crippen molar-refractivity contribution in [1.82, 2.24) is 0 Å². The van der Waals surface area contributed by atoms with Crippen molar-refractivity contribution in [2.45, 2.75) is 136 Å². The molecule has 0 aliphatic rings. The Hall–Kier alpha value is -0.870. The van der Waals surface area contributed by atoms with Gasteiger partial charge in [0.15, 0.2) is 0 Å². The molecule has 0 fully saturated rings. The lowest BCUT2D eigenvalue weighted by atomic mass is 10.1. The van der Waals surface area contributed by atoms with Gasteiger partial charge in [-0.1, -0.05) is 103 Å². The summed E-state index contributed by atoms with van der Waals surface area (Å²) in [6.45, 7) is 4.96. The van der Waals surface area contributed by atoms with Gasteiger partial charge in [0.05, 0.1) is 6.54 Å². The zero-order chi connectivity index (χ0) is 21.8. The first-order chi connectivity index (χ1) is 14.2. The number of quaternary nitrogens is 1. The standard InChI is InChI=1S/C22H43NO.C3H9NO/c1-2-3-4-5-6-7-8-9-10-11-12-13-14-15-16-17-18-19-20-21-22(23)24;1-2-3-4-5/h9-10H,2-8,11-21H2,1H3,(H2,23,24);2-4H2,1H3/b10-9-;. The third kappa shape index (κ3) is 35.0. The van der Waals surface area contributed by atoms with Crippen LogP contribution in [0.3, 0.4) is 0 Å². The first kappa shape index (κ1) is 30.3. The molecule has 4 N–H and O–H groups in total. The molecule has 0 aromatic carbocycles. The molecule has 0 saturated carbocycles. The van der Waals surface area contributed by atoms with Crippen LogP contribution in [0.4, 0.5) is 0 Å². The number of unbranched alkanes of at least 4 members (excludes halogenated alkanes) is 15. The Morgan fingerprint density at radius 2 is 1.10 bits per heavy atom. The highest BCUT2D eigenvalue weighted by atomic mass is 16.5. The number of primary amides is 1. The Bertz CT molecular complexity index is 331. The number of amides is 1. The second kappa shape index (κ2) is 29.3. The maximum absolute atomic E-state index is 10.6. The highest BCUT2D eigenvalue weighted by Crippen LogP contribution is 2.12. The van der Waals surface area contributed by atoms with Crippen LogP contribution < -0.4 is 11.2 Å². The molecule has 0 unspecified atom stereocenters. The first-order valence-electron chi connectivity index (χ1n) is 12.6. The maximum atomic E-state index is 10.6. The minimum Gasteiger partial charge on any atom is -0.636 e. The Morgan fingerprint density at radius 3 is 1.45 bits per heavy atom. The van der Waals surface area contributed by atoms with Gasteiger partial charge < -0.3 is 16.4 Å². The van der Waals surface area contributed by atoms with E-state index in [0.717, 1.165) is 24.7 Å². The number of hydroxylamine groups is 1. The molecule has 0 spiro atoms. The van der Waals surface area contributed by atoms with Crippen molar-refractivity contribution in [1.29, 1.82) is 0 Å². The predicted octanol–water partition coefficient (Wildman–Crippen LogP) is 6.53. The predicted molar refractivity (Wildman–Crippen MR) is 128 cm³/mol. The largest absolute Gasteiger partial charge is 0.636 e. The lowest BCUT2D eigenvalue weighted by molar-refractivity contribution is -0.588. The summed E-state index contributed by atoms with van der Waals surface area (Å²) in [7, 11) is 0. The molecular formula is C25H52N2O2. The smallest absolute Gasteiger partial charge is 0.217 e. The van der Waals surface area contributed by atoms with E-state index in [-0.39, 0.29) is 5.91 Å². The van der Waals surface area contributed by atoms with Crippen molar-refractivity contribution in [3.8, 4) is 0 Å². The van der Waals surface area contributed by atoms with Gasteiger partial charge in [-0.15, -0.1) is 0 Å². The third-order valence-electron chi connectivity index (χ3n) is 5.09. The van der Waals surface area contributed by atoms with Gasteiger partial charge in [-0.05, 0) is 38.5 Å². The first-order valence-corrected chi connectivity index (χ1v) is 12.6. The van der Waals surface area contributed by atoms with Gasteiger partial charge in [-0.3, -0.25) is 4.79 Å². The summed E-state index contributed by atoms with van der Waals surface area (Å²) in [4.78, 5) is 10.6. The Balaban J connectivity index is 0. The fourth-order valence-electron chi connectivity index (χ4n) is 3.19. The van der Waals surface area contributed by atoms with Crippen molar-refractivity contribution in [2.75, 3.05) is 6.54 Å². The van der Waals surface area contributed by atoms with E-state index in [1.807, 2.05) is 6.92 Å². The van der Waals surface area contributed by atoms with E-state index < -0.39 is 0 Å². The summed E-state index contributed by atoms with van der Waals surface area (Å²) in [5.41, 5.74) is 6.06. The average Bonchev–Trinajstić information content (AvgIpc) is 2.70. The number of hydrogen-bond donors (Lipinski definition) is 2. The number of rotatable bonds is 21. The molecule has 0 aromatic rings. The summed E-state index contributed by atoms with van der Waals surface area (Å²) in [6, 6.07) is 0. The van der Waals surface area contributed by atoms with E-state index in [1.54, 1.807) is 0 Å². The average molecular weight is 413 g/mol. The molecule has 29 heavy (non-hydrogen) atoms. The van der Waals surface area contributed by atoms with Gasteiger partial charge in [0.1, 0.15) is 0 Å². The molecule has 4 nitrogen and oxygen atoms in total. The van der Waals surface area contributed by atoms with Gasteiger partial charge in [0.2, 0.25) is 5.91 Å². The van der Waals surface area contributed by atoms with E-state index in [0.29, 0.717) is 13.0 Å². The van der Waals surface area contributed by atoms with Gasteiger partial charge in [0, 0.05) is 6.42 Å². The zero-order valence-corrected chi connectivity index (χ0v) is 19.8. The van der Waals surface area contributed by atoms with E-state index in [4.69, 9.17) is 5.73 Å².